The van der Waals surface area contributed by atoms with E-state index in [0.717, 1.165) is 35.2 Å². The first-order valence-electron chi connectivity index (χ1n) is 15.0. The molecule has 0 spiro atoms. The smallest absolute Gasteiger partial charge is 0.416 e. The maximum atomic E-state index is 13.6. The van der Waals surface area contributed by atoms with Gasteiger partial charge in [-0.1, -0.05) is 0 Å². The van der Waals surface area contributed by atoms with Crippen molar-refractivity contribution in [1.29, 1.82) is 0 Å². The molecule has 1 aliphatic heterocycles. The quantitative estimate of drug-likeness (QED) is 0.237. The third kappa shape index (κ3) is 7.34. The summed E-state index contributed by atoms with van der Waals surface area (Å²) in [6.45, 7) is 8.48. The zero-order valence-electron chi connectivity index (χ0n) is 27.0. The van der Waals surface area contributed by atoms with Crippen molar-refractivity contribution in [1.82, 2.24) is 19.4 Å². The van der Waals surface area contributed by atoms with E-state index in [1.54, 1.807) is 40.1 Å². The van der Waals surface area contributed by atoms with Crippen LogP contribution in [0.3, 0.4) is 0 Å². The number of hydrogen-bond acceptors (Lipinski definition) is 6. The third-order valence-corrected chi connectivity index (χ3v) is 7.87. The molecule has 13 heteroatoms. The largest absolute Gasteiger partial charge is 0.444 e. The molecule has 0 saturated carbocycles. The van der Waals surface area contributed by atoms with Crippen LogP contribution in [-0.4, -0.2) is 75.6 Å². The Morgan fingerprint density at radius 3 is 2.26 bits per heavy atom. The molecule has 0 radical (unpaired) electrons. The molecule has 1 fully saturated rings. The van der Waals surface area contributed by atoms with Gasteiger partial charge < -0.3 is 28.7 Å². The normalized spacial score (nSPS) is 15.5. The number of fused-ring (bicyclic) bond motifs is 1. The van der Waals surface area contributed by atoms with Crippen LogP contribution in [0.1, 0.15) is 54.1 Å². The molecule has 1 aliphatic rings. The zero-order valence-corrected chi connectivity index (χ0v) is 27.0. The summed E-state index contributed by atoms with van der Waals surface area (Å²) in [4.78, 5) is 47.9. The first-order chi connectivity index (χ1) is 22.0. The number of pyridine rings is 1. The SMILES string of the molecule is C[C@@H]1CN(C(=O)OC(C)(C)C)CCN1C(=O)c1cc2cc(Oc3ccc(N(C)C(=O)c4ccc(C(F)(F)F)cc4)cn3)ccc2n1C. The zero-order chi connectivity index (χ0) is 34.3. The van der Waals surface area contributed by atoms with Crippen LogP contribution in [0.25, 0.3) is 10.9 Å². The molecular formula is C34H36F3N5O5. The highest BCUT2D eigenvalue weighted by atomic mass is 19.4. The lowest BCUT2D eigenvalue weighted by atomic mass is 10.1. The van der Waals surface area contributed by atoms with E-state index in [0.29, 0.717) is 36.8 Å². The van der Waals surface area contributed by atoms with E-state index < -0.39 is 29.3 Å². The topological polar surface area (TPSA) is 97.2 Å². The van der Waals surface area contributed by atoms with Gasteiger partial charge >= 0.3 is 12.3 Å². The molecular weight excluding hydrogens is 615 g/mol. The molecule has 0 aliphatic carbocycles. The van der Waals surface area contributed by atoms with E-state index in [4.69, 9.17) is 9.47 Å². The fourth-order valence-electron chi connectivity index (χ4n) is 5.36. The van der Waals surface area contributed by atoms with Gasteiger partial charge in [0.2, 0.25) is 5.88 Å². The van der Waals surface area contributed by atoms with Crippen LogP contribution in [0.5, 0.6) is 11.6 Å². The second kappa shape index (κ2) is 12.6. The van der Waals surface area contributed by atoms with Crippen LogP contribution in [0.4, 0.5) is 23.7 Å². The summed E-state index contributed by atoms with van der Waals surface area (Å²) in [6, 6.07) is 14.2. The number of alkyl halides is 3. The molecule has 248 valence electrons. The number of aryl methyl sites for hydroxylation is 1. The Kier molecular flexibility index (Phi) is 8.94. The minimum atomic E-state index is -4.49. The third-order valence-electron chi connectivity index (χ3n) is 7.87. The maximum absolute atomic E-state index is 13.6. The van der Waals surface area contributed by atoms with E-state index in [1.165, 1.54) is 18.1 Å². The molecule has 5 rings (SSSR count). The van der Waals surface area contributed by atoms with Crippen LogP contribution in [0.2, 0.25) is 0 Å². The van der Waals surface area contributed by atoms with Crippen LogP contribution in [0.15, 0.2) is 66.9 Å². The second-order valence-electron chi connectivity index (χ2n) is 12.5. The minimum Gasteiger partial charge on any atom is -0.444 e. The number of nitrogens with zero attached hydrogens (tertiary/aromatic N) is 5. The summed E-state index contributed by atoms with van der Waals surface area (Å²) in [7, 11) is 3.32. The Morgan fingerprint density at radius 2 is 1.66 bits per heavy atom. The van der Waals surface area contributed by atoms with Crippen LogP contribution in [-0.2, 0) is 18.0 Å². The molecule has 3 amide bonds. The predicted molar refractivity (Wildman–Crippen MR) is 170 cm³/mol. The molecule has 0 bridgehead atoms. The first kappa shape index (κ1) is 33.3. The van der Waals surface area contributed by atoms with Gasteiger partial charge in [-0.3, -0.25) is 9.59 Å². The van der Waals surface area contributed by atoms with Crippen LogP contribution < -0.4 is 9.64 Å². The molecule has 1 saturated heterocycles. The van der Waals surface area contributed by atoms with Crippen molar-refractivity contribution in [3.05, 3.63) is 83.7 Å². The summed E-state index contributed by atoms with van der Waals surface area (Å²) >= 11 is 0. The average molecular weight is 652 g/mol. The molecule has 4 aromatic rings. The van der Waals surface area contributed by atoms with Gasteiger partial charge in [0, 0.05) is 62.3 Å². The Labute approximate surface area is 270 Å². The standard InChI is InChI=1S/C34H36F3N5O5/c1-21-20-41(32(45)47-33(2,3)4)15-16-42(21)31(44)28-18-23-17-26(12-13-27(23)40(28)6)46-29-14-11-25(19-38-29)39(5)30(43)22-7-9-24(10-8-22)34(35,36)37/h7-14,17-19,21H,15-16,20H2,1-6H3/t21-/m1/s1. The average Bonchev–Trinajstić information content (AvgIpc) is 3.34. The van der Waals surface area contributed by atoms with Gasteiger partial charge in [-0.2, -0.15) is 13.2 Å². The summed E-state index contributed by atoms with van der Waals surface area (Å²) < 4.78 is 51.9. The van der Waals surface area contributed by atoms with Gasteiger partial charge in [-0.25, -0.2) is 9.78 Å². The number of aromatic nitrogens is 2. The number of carbonyl (C=O) groups is 3. The Hall–Kier alpha value is -5.07. The number of halogens is 3. The molecule has 10 nitrogen and oxygen atoms in total. The molecule has 1 atom stereocenters. The number of rotatable bonds is 5. The number of carbonyl (C=O) groups excluding carboxylic acids is 3. The lowest BCUT2D eigenvalue weighted by molar-refractivity contribution is -0.137. The first-order valence-corrected chi connectivity index (χ1v) is 15.0. The van der Waals surface area contributed by atoms with Crippen molar-refractivity contribution < 1.29 is 37.0 Å². The lowest BCUT2D eigenvalue weighted by Crippen LogP contribution is -2.56. The highest BCUT2D eigenvalue weighted by Crippen LogP contribution is 2.31. The summed E-state index contributed by atoms with van der Waals surface area (Å²) in [5.74, 6) is 0.103. The van der Waals surface area contributed by atoms with Crippen molar-refractivity contribution in [3.8, 4) is 11.6 Å². The molecule has 47 heavy (non-hydrogen) atoms. The van der Waals surface area contributed by atoms with Crippen LogP contribution in [0, 0.1) is 0 Å². The molecule has 2 aromatic carbocycles. The number of piperazine rings is 1. The number of amides is 3. The molecule has 2 aromatic heterocycles. The molecule has 0 N–H and O–H groups in total. The van der Waals surface area contributed by atoms with E-state index in [2.05, 4.69) is 4.98 Å². The van der Waals surface area contributed by atoms with Crippen molar-refractivity contribution in [2.75, 3.05) is 31.6 Å². The highest BCUT2D eigenvalue weighted by molar-refractivity contribution is 6.05. The lowest BCUT2D eigenvalue weighted by Gasteiger charge is -2.40. The number of hydrogen-bond donors (Lipinski definition) is 0. The van der Waals surface area contributed by atoms with Crippen molar-refractivity contribution in [2.45, 2.75) is 45.5 Å². The number of ether oxygens (including phenoxy) is 2. The van der Waals surface area contributed by atoms with Crippen LogP contribution >= 0.6 is 0 Å². The fraction of sp³-hybridized carbons (Fsp3) is 0.353. The van der Waals surface area contributed by atoms with Gasteiger partial charge in [0.15, 0.2) is 0 Å². The van der Waals surface area contributed by atoms with Crippen molar-refractivity contribution >= 4 is 34.5 Å². The Balaban J connectivity index is 1.24. The van der Waals surface area contributed by atoms with E-state index in [9.17, 15) is 27.6 Å². The summed E-state index contributed by atoms with van der Waals surface area (Å²) in [6.07, 6.45) is -3.45. The second-order valence-corrected chi connectivity index (χ2v) is 12.5. The number of anilines is 1. The van der Waals surface area contributed by atoms with Gasteiger partial charge in [-0.05, 0) is 82.3 Å². The minimum absolute atomic E-state index is 0.104. The summed E-state index contributed by atoms with van der Waals surface area (Å²) in [5, 5.41) is 0.784. The predicted octanol–water partition coefficient (Wildman–Crippen LogP) is 6.74. The molecule has 3 heterocycles. The highest BCUT2D eigenvalue weighted by Gasteiger charge is 2.34. The van der Waals surface area contributed by atoms with E-state index in [-0.39, 0.29) is 23.4 Å². The Bertz CT molecular complexity index is 1800. The van der Waals surface area contributed by atoms with Crippen molar-refractivity contribution in [2.24, 2.45) is 7.05 Å². The fourth-order valence-corrected chi connectivity index (χ4v) is 5.36. The van der Waals surface area contributed by atoms with E-state index in [1.807, 2.05) is 45.4 Å². The van der Waals surface area contributed by atoms with Crippen molar-refractivity contribution in [3.63, 3.8) is 0 Å². The molecule has 0 unspecified atom stereocenters. The van der Waals surface area contributed by atoms with E-state index >= 15 is 0 Å². The monoisotopic (exact) mass is 651 g/mol. The van der Waals surface area contributed by atoms with Gasteiger partial charge in [0.25, 0.3) is 11.8 Å². The van der Waals surface area contributed by atoms with Gasteiger partial charge in [0.05, 0.1) is 17.4 Å². The van der Waals surface area contributed by atoms with Gasteiger partial charge in [0.1, 0.15) is 17.0 Å². The summed E-state index contributed by atoms with van der Waals surface area (Å²) in [5.41, 5.74) is 0.417. The number of benzene rings is 2. The Morgan fingerprint density at radius 1 is 0.957 bits per heavy atom. The maximum Gasteiger partial charge on any atom is 0.416 e. The van der Waals surface area contributed by atoms with Gasteiger partial charge in [-0.15, -0.1) is 0 Å².